The highest BCUT2D eigenvalue weighted by Crippen LogP contribution is 2.17. The first-order valence-corrected chi connectivity index (χ1v) is 30.6. The predicted octanol–water partition coefficient (Wildman–Crippen LogP) is 20.6. The molecule has 6 nitrogen and oxygen atoms in total. The predicted molar refractivity (Wildman–Crippen MR) is 302 cm³/mol. The maximum atomic E-state index is 12.9. The molecule has 0 aromatic heterocycles. The molecule has 0 heterocycles. The monoisotopic (exact) mass is 981 g/mol. The molecule has 0 amide bonds. The lowest BCUT2D eigenvalue weighted by Gasteiger charge is -2.18. The Morgan fingerprint density at radius 3 is 0.857 bits per heavy atom. The lowest BCUT2D eigenvalue weighted by atomic mass is 10.0. The molecule has 0 saturated heterocycles. The summed E-state index contributed by atoms with van der Waals surface area (Å²) in [6.07, 6.45) is 72.5. The minimum absolute atomic E-state index is 0.0768. The average Bonchev–Trinajstić information content (AvgIpc) is 3.36. The van der Waals surface area contributed by atoms with E-state index in [4.69, 9.17) is 14.2 Å². The summed E-state index contributed by atoms with van der Waals surface area (Å²) in [5.41, 5.74) is 0. The van der Waals surface area contributed by atoms with E-state index in [1.165, 1.54) is 199 Å². The summed E-state index contributed by atoms with van der Waals surface area (Å²) in [6.45, 7) is 6.61. The molecule has 0 fully saturated rings. The van der Waals surface area contributed by atoms with Gasteiger partial charge in [-0.25, -0.2) is 0 Å². The first-order valence-electron chi connectivity index (χ1n) is 30.6. The number of hydrogen-bond acceptors (Lipinski definition) is 6. The second-order valence-electron chi connectivity index (χ2n) is 20.6. The summed E-state index contributed by atoms with van der Waals surface area (Å²) in [7, 11) is 0. The van der Waals surface area contributed by atoms with Gasteiger partial charge in [0, 0.05) is 19.3 Å². The van der Waals surface area contributed by atoms with Gasteiger partial charge in [-0.3, -0.25) is 14.4 Å². The van der Waals surface area contributed by atoms with Crippen LogP contribution >= 0.6 is 0 Å². The molecule has 0 N–H and O–H groups in total. The maximum Gasteiger partial charge on any atom is 0.306 e. The topological polar surface area (TPSA) is 78.9 Å². The van der Waals surface area contributed by atoms with Crippen molar-refractivity contribution in [1.29, 1.82) is 0 Å². The summed E-state index contributed by atoms with van der Waals surface area (Å²) in [5, 5.41) is 0. The second-order valence-corrected chi connectivity index (χ2v) is 20.6. The zero-order valence-corrected chi connectivity index (χ0v) is 46.8. The van der Waals surface area contributed by atoms with Crippen LogP contribution in [0.4, 0.5) is 0 Å². The van der Waals surface area contributed by atoms with Crippen molar-refractivity contribution in [2.75, 3.05) is 13.2 Å². The average molecular weight is 982 g/mol. The molecular formula is C64H116O6. The third-order valence-electron chi connectivity index (χ3n) is 13.6. The Labute approximate surface area is 435 Å². The van der Waals surface area contributed by atoms with Crippen molar-refractivity contribution in [3.63, 3.8) is 0 Å². The molecule has 6 heteroatoms. The van der Waals surface area contributed by atoms with Crippen LogP contribution in [0.15, 0.2) is 48.6 Å². The van der Waals surface area contributed by atoms with Gasteiger partial charge in [0.2, 0.25) is 0 Å². The fourth-order valence-corrected chi connectivity index (χ4v) is 8.90. The largest absolute Gasteiger partial charge is 0.462 e. The van der Waals surface area contributed by atoms with E-state index in [-0.39, 0.29) is 31.1 Å². The highest BCUT2D eigenvalue weighted by Gasteiger charge is 2.19. The lowest BCUT2D eigenvalue weighted by molar-refractivity contribution is -0.167. The Morgan fingerprint density at radius 1 is 0.286 bits per heavy atom. The summed E-state index contributed by atoms with van der Waals surface area (Å²) in [5.74, 6) is -0.876. The van der Waals surface area contributed by atoms with Crippen LogP contribution in [0, 0.1) is 0 Å². The Bertz CT molecular complexity index is 1220. The maximum absolute atomic E-state index is 12.9. The van der Waals surface area contributed by atoms with Gasteiger partial charge in [0.1, 0.15) is 13.2 Å². The third kappa shape index (κ3) is 56.3. The first-order chi connectivity index (χ1) is 34.5. The molecule has 0 aliphatic carbocycles. The van der Waals surface area contributed by atoms with E-state index >= 15 is 0 Å². The van der Waals surface area contributed by atoms with E-state index in [1.54, 1.807) is 0 Å². The highest BCUT2D eigenvalue weighted by molar-refractivity contribution is 5.71. The van der Waals surface area contributed by atoms with Crippen molar-refractivity contribution in [3.8, 4) is 0 Å². The number of esters is 3. The molecule has 0 aliphatic heterocycles. The normalized spacial score (nSPS) is 12.3. The van der Waals surface area contributed by atoms with Gasteiger partial charge >= 0.3 is 17.9 Å². The molecule has 0 bridgehead atoms. The van der Waals surface area contributed by atoms with E-state index < -0.39 is 6.10 Å². The van der Waals surface area contributed by atoms with Crippen molar-refractivity contribution < 1.29 is 28.6 Å². The van der Waals surface area contributed by atoms with Gasteiger partial charge in [-0.05, 0) is 77.0 Å². The fourth-order valence-electron chi connectivity index (χ4n) is 8.90. The molecule has 0 aliphatic rings. The molecule has 408 valence electrons. The van der Waals surface area contributed by atoms with E-state index in [0.717, 1.165) is 83.5 Å². The minimum Gasteiger partial charge on any atom is -0.462 e. The summed E-state index contributed by atoms with van der Waals surface area (Å²) < 4.78 is 16.9. The standard InChI is InChI=1S/C64H116O6/c1-4-7-10-13-16-19-22-25-28-30-32-34-36-39-42-45-48-51-54-57-63(66)69-60-61(59-68-62(65)56-53-50-47-44-41-38-27-24-21-18-15-12-9-6-3)70-64(67)58-55-52-49-46-43-40-37-35-33-31-29-26-23-20-17-14-11-8-5-2/h15-16,18-19,24-25,27-28,61H,4-14,17,20-23,26,29-60H2,1-3H3/b18-15-,19-16-,27-24-,28-25-. The van der Waals surface area contributed by atoms with E-state index in [0.29, 0.717) is 19.3 Å². The SMILES string of the molecule is CCCC/C=C\C/C=C\CCCCCCCC(=O)OCC(COC(=O)CCCCCCCCCCC/C=C\C/C=C\CCCCC)OC(=O)CCCCCCCCCCCCCCCCCCCCC. The van der Waals surface area contributed by atoms with Gasteiger partial charge < -0.3 is 14.2 Å². The number of carbonyl (C=O) groups excluding carboxylic acids is 3. The molecule has 1 atom stereocenters. The number of ether oxygens (including phenoxy) is 3. The molecule has 0 spiro atoms. The number of allylic oxidation sites excluding steroid dienone is 8. The summed E-state index contributed by atoms with van der Waals surface area (Å²) in [4.78, 5) is 38.2. The summed E-state index contributed by atoms with van der Waals surface area (Å²) >= 11 is 0. The molecule has 0 aromatic carbocycles. The molecular weight excluding hydrogens is 865 g/mol. The molecule has 0 radical (unpaired) electrons. The Morgan fingerprint density at radius 2 is 0.529 bits per heavy atom. The van der Waals surface area contributed by atoms with Crippen LogP contribution in [0.3, 0.4) is 0 Å². The van der Waals surface area contributed by atoms with Gasteiger partial charge in [-0.15, -0.1) is 0 Å². The van der Waals surface area contributed by atoms with Gasteiger partial charge in [0.05, 0.1) is 0 Å². The van der Waals surface area contributed by atoms with Crippen LogP contribution in [0.2, 0.25) is 0 Å². The minimum atomic E-state index is -0.779. The van der Waals surface area contributed by atoms with Crippen LogP contribution < -0.4 is 0 Å². The van der Waals surface area contributed by atoms with Crippen LogP contribution in [-0.2, 0) is 28.6 Å². The van der Waals surface area contributed by atoms with Crippen LogP contribution in [0.1, 0.15) is 323 Å². The van der Waals surface area contributed by atoms with E-state index in [9.17, 15) is 14.4 Å². The van der Waals surface area contributed by atoms with Crippen LogP contribution in [0.5, 0.6) is 0 Å². The number of hydrogen-bond donors (Lipinski definition) is 0. The van der Waals surface area contributed by atoms with Gasteiger partial charge in [-0.2, -0.15) is 0 Å². The van der Waals surface area contributed by atoms with E-state index in [1.807, 2.05) is 0 Å². The molecule has 0 rings (SSSR count). The number of unbranched alkanes of at least 4 members (excludes halogenated alkanes) is 37. The Kier molecular flexibility index (Phi) is 56.7. The van der Waals surface area contributed by atoms with Crippen molar-refractivity contribution in [2.24, 2.45) is 0 Å². The zero-order chi connectivity index (χ0) is 50.7. The van der Waals surface area contributed by atoms with Crippen LogP contribution in [-0.4, -0.2) is 37.2 Å². The molecule has 0 saturated carbocycles. The Hall–Kier alpha value is -2.63. The Balaban J connectivity index is 4.34. The van der Waals surface area contributed by atoms with Crippen molar-refractivity contribution in [3.05, 3.63) is 48.6 Å². The van der Waals surface area contributed by atoms with Crippen molar-refractivity contribution in [2.45, 2.75) is 329 Å². The summed E-state index contributed by atoms with van der Waals surface area (Å²) in [6, 6.07) is 0. The van der Waals surface area contributed by atoms with Gasteiger partial charge in [-0.1, -0.05) is 275 Å². The number of carbonyl (C=O) groups is 3. The quantitative estimate of drug-likeness (QED) is 0.0261. The molecule has 70 heavy (non-hydrogen) atoms. The van der Waals surface area contributed by atoms with E-state index in [2.05, 4.69) is 69.4 Å². The number of rotatable bonds is 56. The lowest BCUT2D eigenvalue weighted by Crippen LogP contribution is -2.30. The van der Waals surface area contributed by atoms with Crippen molar-refractivity contribution >= 4 is 17.9 Å². The first kappa shape index (κ1) is 67.4. The zero-order valence-electron chi connectivity index (χ0n) is 46.8. The molecule has 1 unspecified atom stereocenters. The second kappa shape index (κ2) is 58.9. The molecule has 0 aromatic rings. The fraction of sp³-hybridized carbons (Fsp3) is 0.828. The van der Waals surface area contributed by atoms with Crippen molar-refractivity contribution in [1.82, 2.24) is 0 Å². The highest BCUT2D eigenvalue weighted by atomic mass is 16.6. The van der Waals surface area contributed by atoms with Gasteiger partial charge in [0.25, 0.3) is 0 Å². The third-order valence-corrected chi connectivity index (χ3v) is 13.6. The van der Waals surface area contributed by atoms with Gasteiger partial charge in [0.15, 0.2) is 6.10 Å². The smallest absolute Gasteiger partial charge is 0.306 e. The van der Waals surface area contributed by atoms with Crippen LogP contribution in [0.25, 0.3) is 0 Å².